The van der Waals surface area contributed by atoms with Gasteiger partial charge in [-0.25, -0.2) is 0 Å². The molecule has 0 bridgehead atoms. The molecule has 0 unspecified atom stereocenters. The first kappa shape index (κ1) is 10.4. The second-order valence-electron chi connectivity index (χ2n) is 2.87. The van der Waals surface area contributed by atoms with Gasteiger partial charge in [0.05, 0.1) is 5.02 Å². The molecule has 0 aliphatic carbocycles. The summed E-state index contributed by atoms with van der Waals surface area (Å²) in [5, 5.41) is 9.22. The summed E-state index contributed by atoms with van der Waals surface area (Å²) in [5.41, 5.74) is 6.75. The number of aliphatic hydroxyl groups is 1. The molecule has 0 saturated carbocycles. The Balaban J connectivity index is 2.65. The predicted octanol–water partition coefficient (Wildman–Crippen LogP) is 1.51. The molecule has 3 N–H and O–H groups in total. The molecular formula is C9H13ClN2O. The summed E-state index contributed by atoms with van der Waals surface area (Å²) >= 11 is 5.89. The highest BCUT2D eigenvalue weighted by Gasteiger charge is 2.08. The van der Waals surface area contributed by atoms with E-state index >= 15 is 0 Å². The van der Waals surface area contributed by atoms with Crippen molar-refractivity contribution < 1.29 is 5.11 Å². The van der Waals surface area contributed by atoms with Gasteiger partial charge in [0.15, 0.2) is 0 Å². The third-order valence-corrected chi connectivity index (χ3v) is 2.19. The van der Waals surface area contributed by atoms with Crippen LogP contribution in [-0.2, 0) is 0 Å². The maximum absolute atomic E-state index is 8.63. The van der Waals surface area contributed by atoms with Crippen LogP contribution in [0.2, 0.25) is 5.02 Å². The van der Waals surface area contributed by atoms with Gasteiger partial charge < -0.3 is 10.8 Å². The zero-order valence-electron chi connectivity index (χ0n) is 7.28. The van der Waals surface area contributed by atoms with Crippen LogP contribution in [0.25, 0.3) is 0 Å². The molecule has 1 heterocycles. The Morgan fingerprint density at radius 2 is 2.38 bits per heavy atom. The van der Waals surface area contributed by atoms with Gasteiger partial charge in [0.25, 0.3) is 0 Å². The van der Waals surface area contributed by atoms with Gasteiger partial charge >= 0.3 is 0 Å². The third-order valence-electron chi connectivity index (χ3n) is 1.88. The molecule has 1 aromatic rings. The van der Waals surface area contributed by atoms with Crippen LogP contribution in [-0.4, -0.2) is 16.7 Å². The highest BCUT2D eigenvalue weighted by atomic mass is 35.5. The van der Waals surface area contributed by atoms with Gasteiger partial charge in [0.2, 0.25) is 0 Å². The lowest BCUT2D eigenvalue weighted by atomic mass is 10.0. The topological polar surface area (TPSA) is 59.1 Å². The van der Waals surface area contributed by atoms with Crippen LogP contribution in [0.15, 0.2) is 18.5 Å². The normalized spacial score (nSPS) is 12.8. The molecule has 72 valence electrons. The summed E-state index contributed by atoms with van der Waals surface area (Å²) in [5.74, 6) is 0. The van der Waals surface area contributed by atoms with Crippen molar-refractivity contribution in [3.63, 3.8) is 0 Å². The molecule has 1 aromatic heterocycles. The number of halogens is 1. The predicted molar refractivity (Wildman–Crippen MR) is 52.5 cm³/mol. The van der Waals surface area contributed by atoms with Crippen molar-refractivity contribution in [3.05, 3.63) is 29.0 Å². The number of nitrogens with zero attached hydrogens (tertiary/aromatic N) is 1. The molecule has 0 aliphatic heterocycles. The van der Waals surface area contributed by atoms with Gasteiger partial charge in [-0.05, 0) is 24.5 Å². The summed E-state index contributed by atoms with van der Waals surface area (Å²) in [6.45, 7) is 0.163. The van der Waals surface area contributed by atoms with E-state index in [2.05, 4.69) is 4.98 Å². The first-order chi connectivity index (χ1) is 6.25. The standard InChI is InChI=1S/C9H13ClN2O/c10-8-6-12-4-3-7(8)9(11)2-1-5-13/h3-4,6,9,13H,1-2,5,11H2/t9-/m1/s1. The van der Waals surface area contributed by atoms with Crippen molar-refractivity contribution in [2.24, 2.45) is 5.73 Å². The molecule has 13 heavy (non-hydrogen) atoms. The van der Waals surface area contributed by atoms with Crippen LogP contribution in [0.4, 0.5) is 0 Å². The highest BCUT2D eigenvalue weighted by molar-refractivity contribution is 6.31. The largest absolute Gasteiger partial charge is 0.396 e. The van der Waals surface area contributed by atoms with E-state index in [1.807, 2.05) is 6.07 Å². The molecule has 4 heteroatoms. The second kappa shape index (κ2) is 5.17. The number of hydrogen-bond acceptors (Lipinski definition) is 3. The van der Waals surface area contributed by atoms with Crippen molar-refractivity contribution in [2.75, 3.05) is 6.61 Å². The van der Waals surface area contributed by atoms with Gasteiger partial charge in [0.1, 0.15) is 0 Å². The van der Waals surface area contributed by atoms with Crippen molar-refractivity contribution in [1.29, 1.82) is 0 Å². The number of hydrogen-bond donors (Lipinski definition) is 2. The van der Waals surface area contributed by atoms with E-state index in [-0.39, 0.29) is 12.6 Å². The van der Waals surface area contributed by atoms with Crippen LogP contribution in [0.1, 0.15) is 24.4 Å². The fourth-order valence-electron chi connectivity index (χ4n) is 1.15. The Hall–Kier alpha value is -0.640. The Bertz CT molecular complexity index is 268. The van der Waals surface area contributed by atoms with Gasteiger partial charge in [-0.3, -0.25) is 4.98 Å². The molecule has 0 spiro atoms. The number of rotatable bonds is 4. The zero-order valence-corrected chi connectivity index (χ0v) is 8.04. The quantitative estimate of drug-likeness (QED) is 0.775. The van der Waals surface area contributed by atoms with Crippen LogP contribution < -0.4 is 5.73 Å². The van der Waals surface area contributed by atoms with Crippen LogP contribution in [0.5, 0.6) is 0 Å². The first-order valence-corrected chi connectivity index (χ1v) is 4.59. The Kier molecular flexibility index (Phi) is 4.15. The van der Waals surface area contributed by atoms with E-state index in [1.54, 1.807) is 12.4 Å². The molecule has 1 atom stereocenters. The van der Waals surface area contributed by atoms with Crippen molar-refractivity contribution in [2.45, 2.75) is 18.9 Å². The van der Waals surface area contributed by atoms with E-state index in [0.717, 1.165) is 12.0 Å². The minimum atomic E-state index is -0.109. The summed E-state index contributed by atoms with van der Waals surface area (Å²) < 4.78 is 0. The highest BCUT2D eigenvalue weighted by Crippen LogP contribution is 2.22. The molecule has 0 radical (unpaired) electrons. The lowest BCUT2D eigenvalue weighted by molar-refractivity contribution is 0.280. The Morgan fingerprint density at radius 3 is 3.00 bits per heavy atom. The minimum absolute atomic E-state index is 0.109. The number of nitrogens with two attached hydrogens (primary N) is 1. The fourth-order valence-corrected chi connectivity index (χ4v) is 1.41. The number of aliphatic hydroxyl groups excluding tert-OH is 1. The maximum Gasteiger partial charge on any atom is 0.0637 e. The monoisotopic (exact) mass is 200 g/mol. The fraction of sp³-hybridized carbons (Fsp3) is 0.444. The summed E-state index contributed by atoms with van der Waals surface area (Å²) in [7, 11) is 0. The smallest absolute Gasteiger partial charge is 0.0637 e. The second-order valence-corrected chi connectivity index (χ2v) is 3.28. The molecule has 0 amide bonds. The molecule has 0 aromatic carbocycles. The average molecular weight is 201 g/mol. The van der Waals surface area contributed by atoms with Crippen LogP contribution in [0, 0.1) is 0 Å². The lowest BCUT2D eigenvalue weighted by Gasteiger charge is -2.11. The molecule has 0 aliphatic rings. The van der Waals surface area contributed by atoms with E-state index in [4.69, 9.17) is 22.4 Å². The SMILES string of the molecule is N[C@H](CCCO)c1ccncc1Cl. The van der Waals surface area contributed by atoms with E-state index in [9.17, 15) is 0 Å². The van der Waals surface area contributed by atoms with Crippen molar-refractivity contribution in [3.8, 4) is 0 Å². The van der Waals surface area contributed by atoms with Gasteiger partial charge in [-0.15, -0.1) is 0 Å². The van der Waals surface area contributed by atoms with Gasteiger partial charge in [-0.2, -0.15) is 0 Å². The Labute approximate surface area is 82.5 Å². The molecule has 0 fully saturated rings. The maximum atomic E-state index is 8.63. The number of aromatic nitrogens is 1. The van der Waals surface area contributed by atoms with E-state index < -0.39 is 0 Å². The van der Waals surface area contributed by atoms with Crippen molar-refractivity contribution in [1.82, 2.24) is 4.98 Å². The Morgan fingerprint density at radius 1 is 1.62 bits per heavy atom. The third kappa shape index (κ3) is 2.95. The van der Waals surface area contributed by atoms with E-state index in [1.165, 1.54) is 0 Å². The molecule has 0 saturated heterocycles. The molecular weight excluding hydrogens is 188 g/mol. The lowest BCUT2D eigenvalue weighted by Crippen LogP contribution is -2.11. The van der Waals surface area contributed by atoms with Crippen LogP contribution >= 0.6 is 11.6 Å². The minimum Gasteiger partial charge on any atom is -0.396 e. The molecule has 1 rings (SSSR count). The summed E-state index contributed by atoms with van der Waals surface area (Å²) in [6, 6.07) is 1.70. The summed E-state index contributed by atoms with van der Waals surface area (Å²) in [6.07, 6.45) is 4.68. The van der Waals surface area contributed by atoms with Crippen molar-refractivity contribution >= 4 is 11.6 Å². The first-order valence-electron chi connectivity index (χ1n) is 4.21. The number of pyridine rings is 1. The molecule has 3 nitrogen and oxygen atoms in total. The van der Waals surface area contributed by atoms with Gasteiger partial charge in [0, 0.05) is 25.0 Å². The van der Waals surface area contributed by atoms with E-state index in [0.29, 0.717) is 11.4 Å². The van der Waals surface area contributed by atoms with Crippen LogP contribution in [0.3, 0.4) is 0 Å². The van der Waals surface area contributed by atoms with Gasteiger partial charge in [-0.1, -0.05) is 11.6 Å². The average Bonchev–Trinajstić information content (AvgIpc) is 2.15. The zero-order chi connectivity index (χ0) is 9.68. The summed E-state index contributed by atoms with van der Waals surface area (Å²) in [4.78, 5) is 3.87.